The Morgan fingerprint density at radius 1 is 1.50 bits per heavy atom. The van der Waals surface area contributed by atoms with Crippen molar-refractivity contribution >= 4 is 28.9 Å². The number of thioether (sulfide) groups is 1. The van der Waals surface area contributed by atoms with Crippen molar-refractivity contribution in [3.63, 3.8) is 0 Å². The zero-order valence-electron chi connectivity index (χ0n) is 8.97. The van der Waals surface area contributed by atoms with Gasteiger partial charge in [0.05, 0.1) is 5.75 Å². The van der Waals surface area contributed by atoms with E-state index in [1.165, 1.54) is 11.8 Å². The average Bonchev–Trinajstić information content (AvgIpc) is 2.53. The maximum atomic E-state index is 10.5. The van der Waals surface area contributed by atoms with Gasteiger partial charge < -0.3 is 9.67 Å². The van der Waals surface area contributed by atoms with Crippen LogP contribution in [-0.2, 0) is 11.8 Å². The van der Waals surface area contributed by atoms with Crippen molar-refractivity contribution in [2.24, 2.45) is 7.05 Å². The monoisotopic (exact) mass is 237 g/mol. The topological polar surface area (TPSA) is 68.0 Å². The minimum Gasteiger partial charge on any atom is -0.481 e. The molecule has 6 heteroatoms. The molecule has 0 aliphatic rings. The lowest BCUT2D eigenvalue weighted by Gasteiger charge is -1.99. The normalized spacial score (nSPS) is 10.9. The summed E-state index contributed by atoms with van der Waals surface area (Å²) in [5.41, 5.74) is 2.50. The number of rotatable bonds is 3. The molecule has 16 heavy (non-hydrogen) atoms. The molecule has 0 saturated heterocycles. The summed E-state index contributed by atoms with van der Waals surface area (Å²) in [5.74, 6) is -0.836. The van der Waals surface area contributed by atoms with E-state index in [4.69, 9.17) is 5.11 Å². The number of nitrogens with zero attached hydrogens (tertiary/aromatic N) is 3. The summed E-state index contributed by atoms with van der Waals surface area (Å²) in [7, 11) is 1.84. The van der Waals surface area contributed by atoms with Crippen molar-refractivity contribution in [1.82, 2.24) is 14.5 Å². The highest BCUT2D eigenvalue weighted by Crippen LogP contribution is 2.21. The van der Waals surface area contributed by atoms with Crippen molar-refractivity contribution in [1.29, 1.82) is 0 Å². The molecule has 0 aliphatic heterocycles. The third-order valence-corrected chi connectivity index (χ3v) is 3.15. The predicted molar refractivity (Wildman–Crippen MR) is 61.6 cm³/mol. The van der Waals surface area contributed by atoms with Crippen LogP contribution in [0.15, 0.2) is 17.3 Å². The molecular formula is C10H11N3O2S. The van der Waals surface area contributed by atoms with E-state index in [0.29, 0.717) is 5.16 Å². The Bertz CT molecular complexity index is 550. The van der Waals surface area contributed by atoms with Crippen LogP contribution in [0.2, 0.25) is 0 Å². The van der Waals surface area contributed by atoms with E-state index in [0.717, 1.165) is 16.9 Å². The van der Waals surface area contributed by atoms with Gasteiger partial charge in [-0.1, -0.05) is 11.8 Å². The number of fused-ring (bicyclic) bond motifs is 1. The summed E-state index contributed by atoms with van der Waals surface area (Å²) in [5, 5.41) is 9.29. The van der Waals surface area contributed by atoms with Crippen molar-refractivity contribution in [2.75, 3.05) is 5.75 Å². The van der Waals surface area contributed by atoms with Crippen LogP contribution in [0, 0.1) is 6.92 Å². The van der Waals surface area contributed by atoms with E-state index >= 15 is 0 Å². The fourth-order valence-electron chi connectivity index (χ4n) is 1.39. The Labute approximate surface area is 96.5 Å². The number of aliphatic carboxylic acids is 1. The molecule has 0 atom stereocenters. The first-order valence-corrected chi connectivity index (χ1v) is 5.71. The van der Waals surface area contributed by atoms with Crippen LogP contribution in [0.4, 0.5) is 0 Å². The Kier molecular flexibility index (Phi) is 2.82. The number of aromatic nitrogens is 3. The fraction of sp³-hybridized carbons (Fsp3) is 0.300. The summed E-state index contributed by atoms with van der Waals surface area (Å²) >= 11 is 1.20. The van der Waals surface area contributed by atoms with Crippen LogP contribution < -0.4 is 0 Å². The molecule has 2 aromatic heterocycles. The average molecular weight is 237 g/mol. The van der Waals surface area contributed by atoms with Gasteiger partial charge in [-0.05, 0) is 19.1 Å². The molecule has 0 saturated carbocycles. The highest BCUT2D eigenvalue weighted by molar-refractivity contribution is 7.99. The predicted octanol–water partition coefficient (Wildman–Crippen LogP) is 1.45. The standard InChI is InChI=1S/C10H11N3O2S/c1-6-3-4-7-9(11-6)13(2)10(12-7)16-5-8(14)15/h3-4H,5H2,1-2H3,(H,14,15). The van der Waals surface area contributed by atoms with E-state index in [-0.39, 0.29) is 5.75 Å². The maximum Gasteiger partial charge on any atom is 0.313 e. The summed E-state index contributed by atoms with van der Waals surface area (Å²) in [4.78, 5) is 19.2. The minimum atomic E-state index is -0.846. The lowest BCUT2D eigenvalue weighted by Crippen LogP contribution is -2.00. The number of aryl methyl sites for hydroxylation is 2. The first kappa shape index (κ1) is 10.9. The van der Waals surface area contributed by atoms with Crippen molar-refractivity contribution < 1.29 is 9.90 Å². The second kappa shape index (κ2) is 4.13. The molecule has 2 aromatic rings. The second-order valence-electron chi connectivity index (χ2n) is 3.43. The van der Waals surface area contributed by atoms with Gasteiger partial charge >= 0.3 is 5.97 Å². The third-order valence-electron chi connectivity index (χ3n) is 2.14. The van der Waals surface area contributed by atoms with Gasteiger partial charge in [0.15, 0.2) is 10.8 Å². The van der Waals surface area contributed by atoms with E-state index in [1.54, 1.807) is 0 Å². The van der Waals surface area contributed by atoms with E-state index in [9.17, 15) is 4.79 Å². The van der Waals surface area contributed by atoms with Crippen LogP contribution >= 0.6 is 11.8 Å². The van der Waals surface area contributed by atoms with Crippen molar-refractivity contribution in [2.45, 2.75) is 12.1 Å². The molecule has 0 radical (unpaired) electrons. The van der Waals surface area contributed by atoms with Gasteiger partial charge in [-0.3, -0.25) is 4.79 Å². The Morgan fingerprint density at radius 3 is 2.94 bits per heavy atom. The molecule has 2 rings (SSSR count). The molecule has 0 aromatic carbocycles. The van der Waals surface area contributed by atoms with Crippen molar-refractivity contribution in [3.05, 3.63) is 17.8 Å². The summed E-state index contributed by atoms with van der Waals surface area (Å²) in [6, 6.07) is 3.78. The molecule has 0 fully saturated rings. The molecule has 5 nitrogen and oxygen atoms in total. The van der Waals surface area contributed by atoms with Gasteiger partial charge in [-0.15, -0.1) is 0 Å². The molecule has 2 heterocycles. The van der Waals surface area contributed by atoms with Gasteiger partial charge in [0.2, 0.25) is 0 Å². The van der Waals surface area contributed by atoms with E-state index < -0.39 is 5.97 Å². The zero-order valence-corrected chi connectivity index (χ0v) is 9.78. The molecule has 0 amide bonds. The number of carbonyl (C=O) groups is 1. The number of carboxylic acid groups (broad SMARTS) is 1. The zero-order chi connectivity index (χ0) is 11.7. The number of hydrogen-bond acceptors (Lipinski definition) is 4. The van der Waals surface area contributed by atoms with Gasteiger partial charge in [0.1, 0.15) is 5.52 Å². The van der Waals surface area contributed by atoms with Gasteiger partial charge in [-0.2, -0.15) is 0 Å². The van der Waals surface area contributed by atoms with Gasteiger partial charge in [-0.25, -0.2) is 9.97 Å². The Balaban J connectivity index is 2.40. The quantitative estimate of drug-likeness (QED) is 0.818. The minimum absolute atomic E-state index is 0.0101. The third kappa shape index (κ3) is 2.01. The SMILES string of the molecule is Cc1ccc2nc(SCC(=O)O)n(C)c2n1. The Morgan fingerprint density at radius 2 is 2.25 bits per heavy atom. The number of hydrogen-bond donors (Lipinski definition) is 1. The molecule has 0 unspecified atom stereocenters. The molecular weight excluding hydrogens is 226 g/mol. The number of pyridine rings is 1. The highest BCUT2D eigenvalue weighted by Gasteiger charge is 2.10. The van der Waals surface area contributed by atoms with Crippen molar-refractivity contribution in [3.8, 4) is 0 Å². The highest BCUT2D eigenvalue weighted by atomic mass is 32.2. The maximum absolute atomic E-state index is 10.5. The van der Waals surface area contributed by atoms with Crippen LogP contribution in [-0.4, -0.2) is 31.4 Å². The molecule has 84 valence electrons. The molecule has 1 N–H and O–H groups in total. The van der Waals surface area contributed by atoms with E-state index in [2.05, 4.69) is 9.97 Å². The molecule has 0 spiro atoms. The molecule has 0 aliphatic carbocycles. The fourth-order valence-corrected chi connectivity index (χ4v) is 2.09. The van der Waals surface area contributed by atoms with Crippen LogP contribution in [0.3, 0.4) is 0 Å². The van der Waals surface area contributed by atoms with Crippen LogP contribution in [0.5, 0.6) is 0 Å². The van der Waals surface area contributed by atoms with Crippen LogP contribution in [0.25, 0.3) is 11.2 Å². The summed E-state index contributed by atoms with van der Waals surface area (Å²) in [6.45, 7) is 1.91. The first-order chi connectivity index (χ1) is 7.58. The molecule has 0 bridgehead atoms. The number of carboxylic acids is 1. The van der Waals surface area contributed by atoms with Crippen LogP contribution in [0.1, 0.15) is 5.69 Å². The van der Waals surface area contributed by atoms with E-state index in [1.807, 2.05) is 30.7 Å². The van der Waals surface area contributed by atoms with Gasteiger partial charge in [0, 0.05) is 12.7 Å². The van der Waals surface area contributed by atoms with Gasteiger partial charge in [0.25, 0.3) is 0 Å². The largest absolute Gasteiger partial charge is 0.481 e. The Hall–Kier alpha value is -1.56. The first-order valence-electron chi connectivity index (χ1n) is 4.72. The summed E-state index contributed by atoms with van der Waals surface area (Å²) < 4.78 is 1.82. The smallest absolute Gasteiger partial charge is 0.313 e. The number of imidazole rings is 1. The second-order valence-corrected chi connectivity index (χ2v) is 4.37. The summed E-state index contributed by atoms with van der Waals surface area (Å²) in [6.07, 6.45) is 0. The lowest BCUT2D eigenvalue weighted by molar-refractivity contribution is -0.133. The lowest BCUT2D eigenvalue weighted by atomic mass is 10.3.